The average molecular weight is 290 g/mol. The smallest absolute Gasteiger partial charge is 0.0896 e. The minimum Gasteiger partial charge on any atom is -0.380 e. The van der Waals surface area contributed by atoms with Crippen LogP contribution in [0, 0.1) is 0 Å². The lowest BCUT2D eigenvalue weighted by atomic mass is 9.93. The molecular weight excluding hydrogens is 264 g/mol. The van der Waals surface area contributed by atoms with Crippen LogP contribution >= 0.6 is 0 Å². The number of nitrogens with one attached hydrogen (secondary N) is 1. The highest BCUT2D eigenvalue weighted by atomic mass is 16.5. The Bertz CT molecular complexity index is 460. The van der Waals surface area contributed by atoms with Crippen LogP contribution in [0.3, 0.4) is 0 Å². The largest absolute Gasteiger partial charge is 0.380 e. The molecule has 1 saturated carbocycles. The summed E-state index contributed by atoms with van der Waals surface area (Å²) in [6.45, 7) is 3.43. The first-order valence-corrected chi connectivity index (χ1v) is 7.94. The molecule has 1 aromatic rings. The number of ether oxygens (including phenoxy) is 2. The number of methoxy groups -OCH3 is 1. The first kappa shape index (κ1) is 15.0. The molecule has 116 valence electrons. The fourth-order valence-electron chi connectivity index (χ4n) is 3.43. The quantitative estimate of drug-likeness (QED) is 0.868. The van der Waals surface area contributed by atoms with Crippen LogP contribution in [0.4, 0.5) is 0 Å². The van der Waals surface area contributed by atoms with Gasteiger partial charge in [0, 0.05) is 26.2 Å². The van der Waals surface area contributed by atoms with Crippen LogP contribution in [-0.2, 0) is 16.1 Å². The van der Waals surface area contributed by atoms with E-state index in [0.29, 0.717) is 12.6 Å². The summed E-state index contributed by atoms with van der Waals surface area (Å²) in [5.74, 6) is 0. The van der Waals surface area contributed by atoms with E-state index < -0.39 is 0 Å². The van der Waals surface area contributed by atoms with E-state index in [4.69, 9.17) is 9.47 Å². The third-order valence-electron chi connectivity index (χ3n) is 4.49. The van der Waals surface area contributed by atoms with Gasteiger partial charge in [-0.05, 0) is 31.0 Å². The predicted molar refractivity (Wildman–Crippen MR) is 83.3 cm³/mol. The number of rotatable bonds is 6. The topological polar surface area (TPSA) is 33.7 Å². The Kier molecular flexibility index (Phi) is 4.91. The molecule has 1 aliphatic heterocycles. The minimum absolute atomic E-state index is 0.211. The van der Waals surface area contributed by atoms with Gasteiger partial charge >= 0.3 is 0 Å². The highest BCUT2D eigenvalue weighted by Crippen LogP contribution is 2.39. The lowest BCUT2D eigenvalue weighted by Gasteiger charge is -2.42. The van der Waals surface area contributed by atoms with E-state index in [0.717, 1.165) is 25.7 Å². The van der Waals surface area contributed by atoms with Gasteiger partial charge in [0.2, 0.25) is 0 Å². The Balaban J connectivity index is 1.92. The minimum atomic E-state index is 0.211. The maximum Gasteiger partial charge on any atom is 0.0896 e. The molecule has 0 radical (unpaired) electrons. The van der Waals surface area contributed by atoms with Crippen molar-refractivity contribution in [2.24, 2.45) is 0 Å². The summed E-state index contributed by atoms with van der Waals surface area (Å²) in [5, 5.41) is 3.29. The van der Waals surface area contributed by atoms with Crippen LogP contribution in [0.25, 0.3) is 0 Å². The average Bonchev–Trinajstić information content (AvgIpc) is 3.33. The van der Waals surface area contributed by atoms with Crippen LogP contribution < -0.4 is 5.32 Å². The van der Waals surface area contributed by atoms with E-state index in [-0.39, 0.29) is 6.10 Å². The molecule has 0 spiro atoms. The Labute approximate surface area is 127 Å². The third kappa shape index (κ3) is 3.29. The lowest BCUT2D eigenvalue weighted by molar-refractivity contribution is -0.0745. The molecule has 4 nitrogen and oxygen atoms in total. The summed E-state index contributed by atoms with van der Waals surface area (Å²) in [7, 11) is 3.76. The molecule has 0 amide bonds. The van der Waals surface area contributed by atoms with E-state index in [1.54, 1.807) is 7.11 Å². The van der Waals surface area contributed by atoms with Crippen LogP contribution in [0.15, 0.2) is 24.3 Å². The van der Waals surface area contributed by atoms with E-state index in [9.17, 15) is 0 Å². The van der Waals surface area contributed by atoms with Crippen LogP contribution in [0.2, 0.25) is 0 Å². The molecule has 1 aliphatic carbocycles. The zero-order chi connectivity index (χ0) is 14.7. The SMILES string of the molecule is CNCC1OCCN(C2CC2)C1c1ccccc1COC. The van der Waals surface area contributed by atoms with Crippen molar-refractivity contribution >= 4 is 0 Å². The molecule has 0 aromatic heterocycles. The van der Waals surface area contributed by atoms with Crippen molar-refractivity contribution in [1.82, 2.24) is 10.2 Å². The van der Waals surface area contributed by atoms with Crippen molar-refractivity contribution in [1.29, 1.82) is 0 Å². The Morgan fingerprint density at radius 1 is 1.33 bits per heavy atom. The Morgan fingerprint density at radius 3 is 2.86 bits per heavy atom. The highest BCUT2D eigenvalue weighted by molar-refractivity contribution is 5.31. The molecular formula is C17H26N2O2. The van der Waals surface area contributed by atoms with Crippen molar-refractivity contribution in [2.45, 2.75) is 37.6 Å². The molecule has 1 aromatic carbocycles. The van der Waals surface area contributed by atoms with Gasteiger partial charge in [0.25, 0.3) is 0 Å². The summed E-state index contributed by atoms with van der Waals surface area (Å²) in [4.78, 5) is 2.65. The molecule has 21 heavy (non-hydrogen) atoms. The van der Waals surface area contributed by atoms with Crippen LogP contribution in [0.1, 0.15) is 30.0 Å². The van der Waals surface area contributed by atoms with Gasteiger partial charge in [-0.1, -0.05) is 24.3 Å². The van der Waals surface area contributed by atoms with Crippen molar-refractivity contribution in [3.8, 4) is 0 Å². The predicted octanol–water partition coefficient (Wildman–Crippen LogP) is 1.96. The monoisotopic (exact) mass is 290 g/mol. The van der Waals surface area contributed by atoms with Crippen LogP contribution in [-0.4, -0.2) is 50.9 Å². The number of hydrogen-bond donors (Lipinski definition) is 1. The Hall–Kier alpha value is -0.940. The van der Waals surface area contributed by atoms with Crippen LogP contribution in [0.5, 0.6) is 0 Å². The fourth-order valence-corrected chi connectivity index (χ4v) is 3.43. The van der Waals surface area contributed by atoms with Gasteiger partial charge in [0.1, 0.15) is 0 Å². The Morgan fingerprint density at radius 2 is 2.14 bits per heavy atom. The molecule has 4 heteroatoms. The standard InChI is InChI=1S/C17H26N2O2/c1-18-11-16-17(19(9-10-21-16)14-7-8-14)15-6-4-3-5-13(15)12-20-2/h3-6,14,16-18H,7-12H2,1-2H3. The third-order valence-corrected chi connectivity index (χ3v) is 4.49. The summed E-state index contributed by atoms with van der Waals surface area (Å²) < 4.78 is 11.5. The molecule has 2 unspecified atom stereocenters. The van der Waals surface area contributed by atoms with E-state index in [1.807, 2.05) is 7.05 Å². The molecule has 2 fully saturated rings. The normalized spacial score (nSPS) is 27.0. The first-order valence-electron chi connectivity index (χ1n) is 7.94. The number of morpholine rings is 1. The molecule has 0 bridgehead atoms. The van der Waals surface area contributed by atoms with Crippen molar-refractivity contribution in [3.63, 3.8) is 0 Å². The maximum atomic E-state index is 6.08. The summed E-state index contributed by atoms with van der Waals surface area (Å²) in [5.41, 5.74) is 2.65. The van der Waals surface area contributed by atoms with Gasteiger partial charge in [0.05, 0.1) is 25.4 Å². The number of benzene rings is 1. The van der Waals surface area contributed by atoms with Gasteiger partial charge < -0.3 is 14.8 Å². The van der Waals surface area contributed by atoms with Gasteiger partial charge in [-0.2, -0.15) is 0 Å². The van der Waals surface area contributed by atoms with E-state index in [1.165, 1.54) is 24.0 Å². The van der Waals surface area contributed by atoms with Crippen molar-refractivity contribution in [3.05, 3.63) is 35.4 Å². The summed E-state index contributed by atoms with van der Waals surface area (Å²) >= 11 is 0. The van der Waals surface area contributed by atoms with Gasteiger partial charge in [0.15, 0.2) is 0 Å². The second-order valence-corrected chi connectivity index (χ2v) is 6.01. The second kappa shape index (κ2) is 6.88. The van der Waals surface area contributed by atoms with Gasteiger partial charge in [-0.3, -0.25) is 4.90 Å². The number of nitrogens with zero attached hydrogens (tertiary/aromatic N) is 1. The fraction of sp³-hybridized carbons (Fsp3) is 0.647. The molecule has 2 aliphatic rings. The van der Waals surface area contributed by atoms with Gasteiger partial charge in [-0.25, -0.2) is 0 Å². The second-order valence-electron chi connectivity index (χ2n) is 6.01. The number of likely N-dealkylation sites (N-methyl/N-ethyl adjacent to an activating group) is 1. The molecule has 3 rings (SSSR count). The van der Waals surface area contributed by atoms with Gasteiger partial charge in [-0.15, -0.1) is 0 Å². The maximum absolute atomic E-state index is 6.08. The molecule has 2 atom stereocenters. The molecule has 1 N–H and O–H groups in total. The summed E-state index contributed by atoms with van der Waals surface area (Å²) in [6.07, 6.45) is 2.87. The molecule has 1 saturated heterocycles. The zero-order valence-electron chi connectivity index (χ0n) is 13.0. The first-order chi connectivity index (χ1) is 10.3. The summed E-state index contributed by atoms with van der Waals surface area (Å²) in [6, 6.07) is 9.72. The molecule has 1 heterocycles. The van der Waals surface area contributed by atoms with Crippen molar-refractivity contribution < 1.29 is 9.47 Å². The number of hydrogen-bond acceptors (Lipinski definition) is 4. The van der Waals surface area contributed by atoms with E-state index in [2.05, 4.69) is 34.5 Å². The lowest BCUT2D eigenvalue weighted by Crippen LogP contribution is -2.49. The zero-order valence-corrected chi connectivity index (χ0v) is 13.0. The van der Waals surface area contributed by atoms with E-state index >= 15 is 0 Å². The van der Waals surface area contributed by atoms with Crippen molar-refractivity contribution in [2.75, 3.05) is 33.9 Å². The highest BCUT2D eigenvalue weighted by Gasteiger charge is 2.41.